The molecule has 0 bridgehead atoms. The zero-order valence-electron chi connectivity index (χ0n) is 14.8. The zero-order chi connectivity index (χ0) is 18.5. The zero-order valence-corrected chi connectivity index (χ0v) is 14.8. The van der Waals surface area contributed by atoms with Crippen molar-refractivity contribution in [1.29, 1.82) is 0 Å². The Bertz CT molecular complexity index is 645. The molecule has 1 heterocycles. The molecule has 1 saturated heterocycles. The fourth-order valence-electron chi connectivity index (χ4n) is 3.65. The summed E-state index contributed by atoms with van der Waals surface area (Å²) in [6.45, 7) is 2.39. The summed E-state index contributed by atoms with van der Waals surface area (Å²) in [5.41, 5.74) is 7.91. The molecule has 1 aliphatic heterocycles. The number of β-amino-alcohol motifs (C(OH)–C–C–N with tert-alkyl or cyclic N) is 1. The molecule has 3 N–H and O–H groups in total. The van der Waals surface area contributed by atoms with Crippen molar-refractivity contribution in [2.24, 2.45) is 5.73 Å². The van der Waals surface area contributed by atoms with Gasteiger partial charge in [-0.05, 0) is 67.7 Å². The van der Waals surface area contributed by atoms with Crippen LogP contribution in [0, 0.1) is 11.6 Å². The molecule has 2 aromatic rings. The van der Waals surface area contributed by atoms with E-state index in [0.29, 0.717) is 6.54 Å². The van der Waals surface area contributed by atoms with Crippen molar-refractivity contribution in [1.82, 2.24) is 4.90 Å². The summed E-state index contributed by atoms with van der Waals surface area (Å²) < 4.78 is 26.6. The van der Waals surface area contributed by atoms with Gasteiger partial charge in [-0.2, -0.15) is 0 Å². The van der Waals surface area contributed by atoms with Crippen LogP contribution >= 0.6 is 0 Å². The van der Waals surface area contributed by atoms with Gasteiger partial charge in [0.1, 0.15) is 11.6 Å². The van der Waals surface area contributed by atoms with E-state index < -0.39 is 6.10 Å². The number of aliphatic hydroxyl groups is 1. The van der Waals surface area contributed by atoms with Crippen LogP contribution in [0.3, 0.4) is 0 Å². The Hall–Kier alpha value is -1.82. The maximum Gasteiger partial charge on any atom is 0.123 e. The molecule has 3 nitrogen and oxygen atoms in total. The van der Waals surface area contributed by atoms with Crippen molar-refractivity contribution >= 4 is 0 Å². The Kier molecular flexibility index (Phi) is 6.35. The summed E-state index contributed by atoms with van der Waals surface area (Å²) in [5, 5.41) is 9.93. The van der Waals surface area contributed by atoms with E-state index in [2.05, 4.69) is 4.90 Å². The van der Waals surface area contributed by atoms with Crippen molar-refractivity contribution in [3.8, 4) is 0 Å². The smallest absolute Gasteiger partial charge is 0.123 e. The Labute approximate surface area is 153 Å². The highest BCUT2D eigenvalue weighted by Gasteiger charge is 2.24. The lowest BCUT2D eigenvalue weighted by Crippen LogP contribution is -2.50. The van der Waals surface area contributed by atoms with Crippen molar-refractivity contribution in [3.05, 3.63) is 71.3 Å². The monoisotopic (exact) mass is 360 g/mol. The second-order valence-electron chi connectivity index (χ2n) is 7.12. The molecular weight excluding hydrogens is 334 g/mol. The van der Waals surface area contributed by atoms with Crippen LogP contribution in [0.5, 0.6) is 0 Å². The minimum atomic E-state index is -0.464. The largest absolute Gasteiger partial charge is 0.390 e. The van der Waals surface area contributed by atoms with Gasteiger partial charge in [0.2, 0.25) is 0 Å². The predicted octanol–water partition coefficient (Wildman–Crippen LogP) is 3.27. The fraction of sp³-hybridized carbons (Fsp3) is 0.429. The molecule has 1 fully saturated rings. The van der Waals surface area contributed by atoms with E-state index in [1.807, 2.05) is 0 Å². The van der Waals surface area contributed by atoms with E-state index >= 15 is 0 Å². The second kappa shape index (κ2) is 8.71. The third kappa shape index (κ3) is 4.87. The quantitative estimate of drug-likeness (QED) is 0.831. The van der Waals surface area contributed by atoms with Gasteiger partial charge in [-0.3, -0.25) is 0 Å². The SMILES string of the molecule is NC1CCN(CCCC(c2ccc(F)cc2)c2ccc(F)cc2)CC1O. The molecular formula is C21H26F2N2O. The van der Waals surface area contributed by atoms with Crippen LogP contribution in [0.25, 0.3) is 0 Å². The van der Waals surface area contributed by atoms with Gasteiger partial charge in [0.15, 0.2) is 0 Å². The Balaban J connectivity index is 1.66. The average Bonchev–Trinajstić information content (AvgIpc) is 2.64. The lowest BCUT2D eigenvalue weighted by Gasteiger charge is -2.34. The van der Waals surface area contributed by atoms with Crippen LogP contribution in [0.4, 0.5) is 8.78 Å². The van der Waals surface area contributed by atoms with Crippen LogP contribution in [0.15, 0.2) is 48.5 Å². The first kappa shape index (κ1) is 19.0. The van der Waals surface area contributed by atoms with Gasteiger partial charge >= 0.3 is 0 Å². The average molecular weight is 360 g/mol. The number of nitrogens with two attached hydrogens (primary N) is 1. The number of hydrogen-bond acceptors (Lipinski definition) is 3. The summed E-state index contributed by atoms with van der Waals surface area (Å²) >= 11 is 0. The molecule has 3 rings (SSSR count). The normalized spacial score (nSPS) is 21.3. The van der Waals surface area contributed by atoms with Gasteiger partial charge in [-0.25, -0.2) is 8.78 Å². The molecule has 0 aromatic heterocycles. The van der Waals surface area contributed by atoms with Gasteiger partial charge in [-0.1, -0.05) is 24.3 Å². The van der Waals surface area contributed by atoms with Crippen LogP contribution in [0.1, 0.15) is 36.3 Å². The number of aliphatic hydroxyl groups excluding tert-OH is 1. The highest BCUT2D eigenvalue weighted by Crippen LogP contribution is 2.30. The van der Waals surface area contributed by atoms with Crippen molar-refractivity contribution in [3.63, 3.8) is 0 Å². The van der Waals surface area contributed by atoms with Crippen molar-refractivity contribution in [2.75, 3.05) is 19.6 Å². The third-order valence-electron chi connectivity index (χ3n) is 5.23. The molecule has 0 aliphatic carbocycles. The van der Waals surface area contributed by atoms with E-state index in [-0.39, 0.29) is 23.6 Å². The van der Waals surface area contributed by atoms with Crippen LogP contribution < -0.4 is 5.73 Å². The minimum Gasteiger partial charge on any atom is -0.390 e. The number of rotatable bonds is 6. The lowest BCUT2D eigenvalue weighted by atomic mass is 9.87. The summed E-state index contributed by atoms with van der Waals surface area (Å²) in [5.74, 6) is -0.427. The molecule has 2 aromatic carbocycles. The van der Waals surface area contributed by atoms with E-state index in [0.717, 1.165) is 43.5 Å². The van der Waals surface area contributed by atoms with Crippen molar-refractivity contribution < 1.29 is 13.9 Å². The first-order valence-corrected chi connectivity index (χ1v) is 9.20. The number of halogens is 2. The van der Waals surface area contributed by atoms with Gasteiger partial charge in [0.05, 0.1) is 6.10 Å². The molecule has 2 atom stereocenters. The molecule has 26 heavy (non-hydrogen) atoms. The summed E-state index contributed by atoms with van der Waals surface area (Å²) in [4.78, 5) is 2.24. The Morgan fingerprint density at radius 1 is 1.00 bits per heavy atom. The third-order valence-corrected chi connectivity index (χ3v) is 5.23. The lowest BCUT2D eigenvalue weighted by molar-refractivity contribution is 0.0527. The maximum atomic E-state index is 13.3. The number of benzene rings is 2. The molecule has 1 aliphatic rings. The summed E-state index contributed by atoms with van der Waals surface area (Å²) in [6.07, 6.45) is 2.14. The highest BCUT2D eigenvalue weighted by molar-refractivity contribution is 5.32. The van der Waals surface area contributed by atoms with Crippen LogP contribution in [-0.2, 0) is 0 Å². The van der Waals surface area contributed by atoms with Gasteiger partial charge in [0.25, 0.3) is 0 Å². The summed E-state index contributed by atoms with van der Waals surface area (Å²) in [6, 6.07) is 12.9. The topological polar surface area (TPSA) is 49.5 Å². The first-order valence-electron chi connectivity index (χ1n) is 9.20. The van der Waals surface area contributed by atoms with Crippen molar-refractivity contribution in [2.45, 2.75) is 37.3 Å². The summed E-state index contributed by atoms with van der Waals surface area (Å²) in [7, 11) is 0. The van der Waals surface area contributed by atoms with E-state index in [1.165, 1.54) is 24.3 Å². The van der Waals surface area contributed by atoms with Gasteiger partial charge < -0.3 is 15.7 Å². The molecule has 0 radical (unpaired) electrons. The van der Waals surface area contributed by atoms with Crippen LogP contribution in [-0.4, -0.2) is 41.8 Å². The van der Waals surface area contributed by atoms with E-state index in [9.17, 15) is 13.9 Å². The second-order valence-corrected chi connectivity index (χ2v) is 7.12. The van der Waals surface area contributed by atoms with Gasteiger partial charge in [-0.15, -0.1) is 0 Å². The standard InChI is InChI=1S/C21H26F2N2O/c22-17-7-3-15(4-8-17)19(16-5-9-18(23)10-6-16)2-1-12-25-13-11-20(24)21(26)14-25/h3-10,19-21,26H,1-2,11-14,24H2. The fourth-order valence-corrected chi connectivity index (χ4v) is 3.65. The molecule has 140 valence electrons. The molecule has 5 heteroatoms. The first-order chi connectivity index (χ1) is 12.5. The number of likely N-dealkylation sites (tertiary alicyclic amines) is 1. The maximum absolute atomic E-state index is 13.3. The minimum absolute atomic E-state index is 0.0909. The number of hydrogen-bond donors (Lipinski definition) is 2. The molecule has 0 amide bonds. The Morgan fingerprint density at radius 3 is 2.04 bits per heavy atom. The molecule has 0 spiro atoms. The van der Waals surface area contributed by atoms with E-state index in [4.69, 9.17) is 5.73 Å². The van der Waals surface area contributed by atoms with E-state index in [1.54, 1.807) is 24.3 Å². The van der Waals surface area contributed by atoms with Gasteiger partial charge in [0, 0.05) is 18.5 Å². The Morgan fingerprint density at radius 2 is 1.54 bits per heavy atom. The van der Waals surface area contributed by atoms with Crippen LogP contribution in [0.2, 0.25) is 0 Å². The molecule has 0 saturated carbocycles. The highest BCUT2D eigenvalue weighted by atomic mass is 19.1. The number of nitrogens with zero attached hydrogens (tertiary/aromatic N) is 1. The predicted molar refractivity (Wildman–Crippen MR) is 98.9 cm³/mol. The molecule has 2 unspecified atom stereocenters. The number of piperidine rings is 1.